The van der Waals surface area contributed by atoms with Gasteiger partial charge in [0.05, 0.1) is 6.54 Å². The summed E-state index contributed by atoms with van der Waals surface area (Å²) in [7, 11) is 0. The Bertz CT molecular complexity index is 182. The lowest BCUT2D eigenvalue weighted by Crippen LogP contribution is -2.44. The molecule has 0 atom stereocenters. The first-order chi connectivity index (χ1) is 6.45. The smallest absolute Gasteiger partial charge is 0.234 e. The molecule has 0 rings (SSSR count). The molecule has 0 radical (unpaired) electrons. The quantitative estimate of drug-likeness (QED) is 0.501. The van der Waals surface area contributed by atoms with E-state index in [0.717, 1.165) is 19.4 Å². The summed E-state index contributed by atoms with van der Waals surface area (Å²) in [5.41, 5.74) is -0.139. The number of carbonyl (C=O) groups is 1. The fourth-order valence-corrected chi connectivity index (χ4v) is 1.04. The van der Waals surface area contributed by atoms with Crippen LogP contribution in [0.5, 0.6) is 0 Å². The van der Waals surface area contributed by atoms with Gasteiger partial charge in [-0.25, -0.2) is 0 Å². The van der Waals surface area contributed by atoms with E-state index in [4.69, 9.17) is 0 Å². The molecule has 0 aromatic rings. The average molecular weight is 198 g/mol. The van der Waals surface area contributed by atoms with E-state index in [-0.39, 0.29) is 11.4 Å². The van der Waals surface area contributed by atoms with Gasteiger partial charge in [0.25, 0.3) is 0 Å². The van der Waals surface area contributed by atoms with Gasteiger partial charge in [-0.15, -0.1) is 6.58 Å². The third-order valence-electron chi connectivity index (χ3n) is 1.56. The third kappa shape index (κ3) is 9.26. The zero-order valence-corrected chi connectivity index (χ0v) is 9.52. The fourth-order valence-electron chi connectivity index (χ4n) is 1.04. The summed E-state index contributed by atoms with van der Waals surface area (Å²) in [5, 5.41) is 5.97. The molecule has 0 saturated carbocycles. The maximum atomic E-state index is 11.3. The molecule has 0 unspecified atom stereocenters. The van der Waals surface area contributed by atoms with Gasteiger partial charge in [-0.1, -0.05) is 6.08 Å². The molecular formula is C11H22N2O. The van der Waals surface area contributed by atoms with Gasteiger partial charge < -0.3 is 10.6 Å². The lowest BCUT2D eigenvalue weighted by molar-refractivity contribution is -0.121. The summed E-state index contributed by atoms with van der Waals surface area (Å²) < 4.78 is 0. The van der Waals surface area contributed by atoms with Gasteiger partial charge in [0.2, 0.25) is 5.91 Å². The van der Waals surface area contributed by atoms with E-state index < -0.39 is 0 Å². The first-order valence-electron chi connectivity index (χ1n) is 5.08. The number of carbonyl (C=O) groups excluding carboxylic acids is 1. The van der Waals surface area contributed by atoms with Gasteiger partial charge in [0, 0.05) is 5.54 Å². The molecule has 0 spiro atoms. The first kappa shape index (κ1) is 13.2. The Balaban J connectivity index is 3.41. The summed E-state index contributed by atoms with van der Waals surface area (Å²) in [4.78, 5) is 11.3. The Hall–Kier alpha value is -0.830. The SMILES string of the molecule is C=CCCCNCC(=O)NC(C)(C)C. The van der Waals surface area contributed by atoms with Crippen LogP contribution in [-0.4, -0.2) is 24.5 Å². The van der Waals surface area contributed by atoms with Crippen molar-refractivity contribution in [1.29, 1.82) is 0 Å². The molecule has 0 fully saturated rings. The number of hydrogen-bond donors (Lipinski definition) is 2. The maximum absolute atomic E-state index is 11.3. The first-order valence-corrected chi connectivity index (χ1v) is 5.08. The molecule has 0 aromatic carbocycles. The topological polar surface area (TPSA) is 41.1 Å². The minimum atomic E-state index is -0.139. The van der Waals surface area contributed by atoms with E-state index in [2.05, 4.69) is 17.2 Å². The van der Waals surface area contributed by atoms with Crippen molar-refractivity contribution in [3.05, 3.63) is 12.7 Å². The largest absolute Gasteiger partial charge is 0.350 e. The van der Waals surface area contributed by atoms with Crippen LogP contribution in [0.1, 0.15) is 33.6 Å². The van der Waals surface area contributed by atoms with Crippen LogP contribution in [0.15, 0.2) is 12.7 Å². The minimum absolute atomic E-state index is 0.0519. The molecule has 0 bridgehead atoms. The van der Waals surface area contributed by atoms with Crippen LogP contribution in [0.2, 0.25) is 0 Å². The summed E-state index contributed by atoms with van der Waals surface area (Å²) in [6.45, 7) is 10.8. The summed E-state index contributed by atoms with van der Waals surface area (Å²) >= 11 is 0. The predicted octanol–water partition coefficient (Wildman–Crippen LogP) is 1.46. The van der Waals surface area contributed by atoms with Crippen LogP contribution < -0.4 is 10.6 Å². The highest BCUT2D eigenvalue weighted by atomic mass is 16.2. The number of hydrogen-bond acceptors (Lipinski definition) is 2. The minimum Gasteiger partial charge on any atom is -0.350 e. The second-order valence-corrected chi connectivity index (χ2v) is 4.41. The van der Waals surface area contributed by atoms with Gasteiger partial charge in [-0.3, -0.25) is 4.79 Å². The van der Waals surface area contributed by atoms with Crippen molar-refractivity contribution >= 4 is 5.91 Å². The molecule has 0 heterocycles. The monoisotopic (exact) mass is 198 g/mol. The molecule has 14 heavy (non-hydrogen) atoms. The summed E-state index contributed by atoms with van der Waals surface area (Å²) in [6.07, 6.45) is 3.91. The van der Waals surface area contributed by atoms with Crippen LogP contribution >= 0.6 is 0 Å². The Labute approximate surface area is 87.0 Å². The Morgan fingerprint density at radius 1 is 1.43 bits per heavy atom. The Kier molecular flexibility index (Phi) is 6.21. The molecule has 0 aliphatic carbocycles. The zero-order valence-electron chi connectivity index (χ0n) is 9.52. The molecule has 82 valence electrons. The van der Waals surface area contributed by atoms with Crippen LogP contribution in [-0.2, 0) is 4.79 Å². The molecule has 0 aliphatic rings. The highest BCUT2D eigenvalue weighted by molar-refractivity contribution is 5.78. The van der Waals surface area contributed by atoms with Gasteiger partial charge >= 0.3 is 0 Å². The Morgan fingerprint density at radius 2 is 2.07 bits per heavy atom. The molecule has 3 nitrogen and oxygen atoms in total. The van der Waals surface area contributed by atoms with Gasteiger partial charge in [0.1, 0.15) is 0 Å². The lowest BCUT2D eigenvalue weighted by Gasteiger charge is -2.20. The van der Waals surface area contributed by atoms with Crippen LogP contribution in [0.3, 0.4) is 0 Å². The van der Waals surface area contributed by atoms with Crippen molar-refractivity contribution in [2.24, 2.45) is 0 Å². The number of allylic oxidation sites excluding steroid dienone is 1. The van der Waals surface area contributed by atoms with Gasteiger partial charge in [-0.2, -0.15) is 0 Å². The Morgan fingerprint density at radius 3 is 2.57 bits per heavy atom. The second kappa shape index (κ2) is 6.60. The lowest BCUT2D eigenvalue weighted by atomic mass is 10.1. The number of rotatable bonds is 6. The third-order valence-corrected chi connectivity index (χ3v) is 1.56. The van der Waals surface area contributed by atoms with E-state index in [9.17, 15) is 4.79 Å². The molecule has 0 saturated heterocycles. The van der Waals surface area contributed by atoms with Crippen molar-refractivity contribution in [3.63, 3.8) is 0 Å². The van der Waals surface area contributed by atoms with Crippen molar-refractivity contribution in [3.8, 4) is 0 Å². The second-order valence-electron chi connectivity index (χ2n) is 4.41. The van der Waals surface area contributed by atoms with E-state index in [0.29, 0.717) is 6.54 Å². The van der Waals surface area contributed by atoms with Crippen LogP contribution in [0.4, 0.5) is 0 Å². The summed E-state index contributed by atoms with van der Waals surface area (Å²) in [6, 6.07) is 0. The van der Waals surface area contributed by atoms with Crippen molar-refractivity contribution in [2.75, 3.05) is 13.1 Å². The number of nitrogens with one attached hydrogen (secondary N) is 2. The van der Waals surface area contributed by atoms with E-state index >= 15 is 0 Å². The van der Waals surface area contributed by atoms with Crippen LogP contribution in [0, 0.1) is 0 Å². The van der Waals surface area contributed by atoms with Crippen LogP contribution in [0.25, 0.3) is 0 Å². The van der Waals surface area contributed by atoms with E-state index in [1.807, 2.05) is 26.8 Å². The highest BCUT2D eigenvalue weighted by Crippen LogP contribution is 1.97. The predicted molar refractivity (Wildman–Crippen MR) is 60.2 cm³/mol. The van der Waals surface area contributed by atoms with E-state index in [1.165, 1.54) is 0 Å². The number of unbranched alkanes of at least 4 members (excludes halogenated alkanes) is 1. The summed E-state index contributed by atoms with van der Waals surface area (Å²) in [5.74, 6) is 0.0519. The average Bonchev–Trinajstić information content (AvgIpc) is 2.00. The maximum Gasteiger partial charge on any atom is 0.234 e. The van der Waals surface area contributed by atoms with Gasteiger partial charge in [-0.05, 0) is 40.2 Å². The van der Waals surface area contributed by atoms with Gasteiger partial charge in [0.15, 0.2) is 0 Å². The fraction of sp³-hybridized carbons (Fsp3) is 0.727. The number of amides is 1. The molecular weight excluding hydrogens is 176 g/mol. The molecule has 1 amide bonds. The van der Waals surface area contributed by atoms with Crippen molar-refractivity contribution in [1.82, 2.24) is 10.6 Å². The standard InChI is InChI=1S/C11H22N2O/c1-5-6-7-8-12-9-10(14)13-11(2,3)4/h5,12H,1,6-9H2,2-4H3,(H,13,14). The zero-order chi connectivity index (χ0) is 11.0. The molecule has 2 N–H and O–H groups in total. The molecule has 0 aliphatic heterocycles. The normalized spacial score (nSPS) is 11.1. The van der Waals surface area contributed by atoms with E-state index in [1.54, 1.807) is 0 Å². The van der Waals surface area contributed by atoms with Crippen molar-refractivity contribution in [2.45, 2.75) is 39.2 Å². The molecule has 3 heteroatoms. The van der Waals surface area contributed by atoms with Crippen molar-refractivity contribution < 1.29 is 4.79 Å². The highest BCUT2D eigenvalue weighted by Gasteiger charge is 2.12. The molecule has 0 aromatic heterocycles.